The monoisotopic (exact) mass is 292 g/mol. The van der Waals surface area contributed by atoms with E-state index in [1.807, 2.05) is 12.1 Å². The van der Waals surface area contributed by atoms with Crippen LogP contribution in [0.2, 0.25) is 0 Å². The fourth-order valence-electron chi connectivity index (χ4n) is 2.68. The summed E-state index contributed by atoms with van der Waals surface area (Å²) in [5, 5.41) is 3.13. The molecule has 3 nitrogen and oxygen atoms in total. The highest BCUT2D eigenvalue weighted by Crippen LogP contribution is 2.39. The lowest BCUT2D eigenvalue weighted by Crippen LogP contribution is -2.33. The topological polar surface area (TPSA) is 27.7 Å². The lowest BCUT2D eigenvalue weighted by Gasteiger charge is -2.32. The van der Waals surface area contributed by atoms with Crippen LogP contribution in [0.15, 0.2) is 23.6 Å². The molecule has 1 heterocycles. The van der Waals surface area contributed by atoms with Gasteiger partial charge in [-0.3, -0.25) is 0 Å². The van der Waals surface area contributed by atoms with E-state index in [9.17, 15) is 0 Å². The van der Waals surface area contributed by atoms with E-state index in [0.717, 1.165) is 16.9 Å². The maximum Gasteiger partial charge on any atom is 0.141 e. The minimum atomic E-state index is 0.202. The summed E-state index contributed by atoms with van der Waals surface area (Å²) in [6.07, 6.45) is 4.04. The first kappa shape index (κ1) is 13.7. The zero-order chi connectivity index (χ0) is 13.9. The van der Waals surface area contributed by atoms with Crippen molar-refractivity contribution in [2.45, 2.75) is 25.4 Å². The Labute approximate surface area is 123 Å². The molecule has 0 aliphatic heterocycles. The molecule has 0 amide bonds. The molecule has 0 N–H and O–H groups in total. The fourth-order valence-corrected chi connectivity index (χ4v) is 3.58. The van der Waals surface area contributed by atoms with Crippen LogP contribution in [0.3, 0.4) is 0 Å². The molecule has 2 aromatic rings. The summed E-state index contributed by atoms with van der Waals surface area (Å²) < 4.78 is 18.2. The van der Waals surface area contributed by atoms with Crippen molar-refractivity contribution in [3.8, 4) is 11.5 Å². The predicted molar refractivity (Wildman–Crippen MR) is 82.0 cm³/mol. The van der Waals surface area contributed by atoms with Crippen LogP contribution >= 0.6 is 11.3 Å². The molecule has 1 aromatic carbocycles. The van der Waals surface area contributed by atoms with Gasteiger partial charge >= 0.3 is 0 Å². The van der Waals surface area contributed by atoms with E-state index in [4.69, 9.17) is 14.2 Å². The Hall–Kier alpha value is -1.26. The highest BCUT2D eigenvalue weighted by Gasteiger charge is 2.28. The Morgan fingerprint density at radius 3 is 2.75 bits per heavy atom. The number of ether oxygens (including phenoxy) is 3. The van der Waals surface area contributed by atoms with Gasteiger partial charge in [-0.15, -0.1) is 11.3 Å². The summed E-state index contributed by atoms with van der Waals surface area (Å²) in [5.74, 6) is 2.44. The number of hydrogen-bond donors (Lipinski definition) is 0. The molecule has 1 aliphatic rings. The zero-order valence-electron chi connectivity index (χ0n) is 11.9. The van der Waals surface area contributed by atoms with Gasteiger partial charge in [0.25, 0.3) is 0 Å². The number of fused-ring (bicyclic) bond motifs is 1. The molecular weight excluding hydrogens is 272 g/mol. The predicted octanol–water partition coefficient (Wildman–Crippen LogP) is 4.10. The Bertz CT molecular complexity index is 574. The molecule has 1 aliphatic carbocycles. The molecule has 1 unspecified atom stereocenters. The number of thiophene rings is 1. The van der Waals surface area contributed by atoms with Crippen molar-refractivity contribution >= 4 is 21.4 Å². The first-order valence-electron chi connectivity index (χ1n) is 7.03. The third-order valence-corrected chi connectivity index (χ3v) is 5.05. The molecule has 1 fully saturated rings. The van der Waals surface area contributed by atoms with Gasteiger partial charge in [-0.05, 0) is 30.9 Å². The van der Waals surface area contributed by atoms with Gasteiger partial charge in [0.2, 0.25) is 0 Å². The molecule has 3 rings (SSSR count). The average molecular weight is 292 g/mol. The van der Waals surface area contributed by atoms with Crippen LogP contribution in [0.1, 0.15) is 19.3 Å². The van der Waals surface area contributed by atoms with Gasteiger partial charge in [-0.25, -0.2) is 0 Å². The zero-order valence-corrected chi connectivity index (χ0v) is 12.7. The standard InChI is InChI=1S/C16H20O3S/c1-17-12-7-4-8-15-16(12)14(10-20-15)19-9-13(18-2)11-5-3-6-11/h4,7-8,10-11,13H,3,5-6,9H2,1-2H3. The van der Waals surface area contributed by atoms with Crippen LogP contribution in [0.4, 0.5) is 0 Å². The number of methoxy groups -OCH3 is 2. The maximum absolute atomic E-state index is 6.02. The van der Waals surface area contributed by atoms with E-state index in [0.29, 0.717) is 12.5 Å². The Balaban J connectivity index is 1.76. The maximum atomic E-state index is 6.02. The van der Waals surface area contributed by atoms with E-state index >= 15 is 0 Å². The molecule has 20 heavy (non-hydrogen) atoms. The highest BCUT2D eigenvalue weighted by molar-refractivity contribution is 7.17. The summed E-state index contributed by atoms with van der Waals surface area (Å²) in [7, 11) is 3.47. The third kappa shape index (κ3) is 2.50. The van der Waals surface area contributed by atoms with Crippen molar-refractivity contribution in [2.24, 2.45) is 5.92 Å². The summed E-state index contributed by atoms with van der Waals surface area (Å²) in [6, 6.07) is 6.07. The van der Waals surface area contributed by atoms with Crippen molar-refractivity contribution < 1.29 is 14.2 Å². The molecule has 0 saturated heterocycles. The highest BCUT2D eigenvalue weighted by atomic mass is 32.1. The van der Waals surface area contributed by atoms with Crippen LogP contribution in [-0.2, 0) is 4.74 Å². The van der Waals surface area contributed by atoms with Crippen molar-refractivity contribution in [2.75, 3.05) is 20.8 Å². The molecular formula is C16H20O3S. The SMILES string of the molecule is COc1cccc2scc(OCC(OC)C3CCC3)c12. The smallest absolute Gasteiger partial charge is 0.141 e. The van der Waals surface area contributed by atoms with Gasteiger partial charge in [0.05, 0.1) is 18.6 Å². The normalized spacial score (nSPS) is 16.9. The minimum absolute atomic E-state index is 0.202. The van der Waals surface area contributed by atoms with E-state index < -0.39 is 0 Å². The van der Waals surface area contributed by atoms with Crippen molar-refractivity contribution in [1.29, 1.82) is 0 Å². The number of benzene rings is 1. The Morgan fingerprint density at radius 2 is 2.10 bits per heavy atom. The lowest BCUT2D eigenvalue weighted by molar-refractivity contribution is -0.0107. The third-order valence-electron chi connectivity index (χ3n) is 4.13. The van der Waals surface area contributed by atoms with E-state index in [2.05, 4.69) is 11.4 Å². The lowest BCUT2D eigenvalue weighted by atomic mass is 9.81. The van der Waals surface area contributed by atoms with Crippen LogP contribution < -0.4 is 9.47 Å². The van der Waals surface area contributed by atoms with E-state index in [1.54, 1.807) is 25.6 Å². The molecule has 108 valence electrons. The summed E-state index contributed by atoms with van der Waals surface area (Å²) in [5.41, 5.74) is 0. The number of rotatable bonds is 6. The molecule has 0 bridgehead atoms. The first-order chi connectivity index (χ1) is 9.83. The second-order valence-electron chi connectivity index (χ2n) is 5.21. The molecule has 0 spiro atoms. The second-order valence-corrected chi connectivity index (χ2v) is 6.12. The molecule has 1 saturated carbocycles. The molecule has 1 atom stereocenters. The van der Waals surface area contributed by atoms with Crippen molar-refractivity contribution in [3.63, 3.8) is 0 Å². The summed E-state index contributed by atoms with van der Waals surface area (Å²) in [6.45, 7) is 0.616. The van der Waals surface area contributed by atoms with E-state index in [1.165, 1.54) is 24.0 Å². The molecule has 4 heteroatoms. The van der Waals surface area contributed by atoms with Gasteiger partial charge in [0, 0.05) is 17.2 Å². The first-order valence-corrected chi connectivity index (χ1v) is 7.91. The van der Waals surface area contributed by atoms with Gasteiger partial charge in [0.1, 0.15) is 18.1 Å². The second kappa shape index (κ2) is 6.02. The quantitative estimate of drug-likeness (QED) is 0.802. The fraction of sp³-hybridized carbons (Fsp3) is 0.500. The van der Waals surface area contributed by atoms with Gasteiger partial charge in [0.15, 0.2) is 0 Å². The van der Waals surface area contributed by atoms with Crippen LogP contribution in [-0.4, -0.2) is 26.9 Å². The van der Waals surface area contributed by atoms with Gasteiger partial charge < -0.3 is 14.2 Å². The largest absolute Gasteiger partial charge is 0.496 e. The van der Waals surface area contributed by atoms with Gasteiger partial charge in [-0.1, -0.05) is 12.5 Å². The van der Waals surface area contributed by atoms with E-state index in [-0.39, 0.29) is 6.10 Å². The summed E-state index contributed by atoms with van der Waals surface area (Å²) >= 11 is 1.69. The number of hydrogen-bond acceptors (Lipinski definition) is 4. The molecule has 1 aromatic heterocycles. The average Bonchev–Trinajstić information content (AvgIpc) is 2.84. The van der Waals surface area contributed by atoms with Crippen LogP contribution in [0, 0.1) is 5.92 Å². The van der Waals surface area contributed by atoms with Crippen molar-refractivity contribution in [1.82, 2.24) is 0 Å². The summed E-state index contributed by atoms with van der Waals surface area (Å²) in [4.78, 5) is 0. The Morgan fingerprint density at radius 1 is 1.25 bits per heavy atom. The van der Waals surface area contributed by atoms with Crippen LogP contribution in [0.5, 0.6) is 11.5 Å². The molecule has 0 radical (unpaired) electrons. The Kier molecular flexibility index (Phi) is 4.13. The van der Waals surface area contributed by atoms with Gasteiger partial charge in [-0.2, -0.15) is 0 Å². The van der Waals surface area contributed by atoms with Crippen molar-refractivity contribution in [3.05, 3.63) is 23.6 Å². The minimum Gasteiger partial charge on any atom is -0.496 e. The van der Waals surface area contributed by atoms with Crippen LogP contribution in [0.25, 0.3) is 10.1 Å².